The van der Waals surface area contributed by atoms with E-state index in [1.807, 2.05) is 0 Å². The van der Waals surface area contributed by atoms with Crippen LogP contribution in [0.2, 0.25) is 0 Å². The molecule has 0 spiro atoms. The third-order valence-electron chi connectivity index (χ3n) is 3.55. The Labute approximate surface area is 86.3 Å². The van der Waals surface area contributed by atoms with Gasteiger partial charge in [0.25, 0.3) is 0 Å². The number of hydrogen-bond donors (Lipinski definition) is 0. The Bertz CT molecular complexity index is 251. The van der Waals surface area contributed by atoms with E-state index in [2.05, 4.69) is 27.4 Å². The molecule has 1 aliphatic rings. The standard InChI is InChI=1S/C12H20O2/c1-8(2)11-6-10(12(11,4)5)7-14-9(3)13/h10-11H,1,6-7H2,2-5H3/t10-,11-/m0/s1. The largest absolute Gasteiger partial charge is 0.466 e. The summed E-state index contributed by atoms with van der Waals surface area (Å²) < 4.78 is 5.04. The fourth-order valence-corrected chi connectivity index (χ4v) is 2.35. The Morgan fingerprint density at radius 3 is 2.43 bits per heavy atom. The van der Waals surface area contributed by atoms with Crippen molar-refractivity contribution < 1.29 is 9.53 Å². The van der Waals surface area contributed by atoms with Crippen LogP contribution in [0.5, 0.6) is 0 Å². The third-order valence-corrected chi connectivity index (χ3v) is 3.55. The molecule has 2 heteroatoms. The van der Waals surface area contributed by atoms with E-state index in [0.29, 0.717) is 18.4 Å². The van der Waals surface area contributed by atoms with E-state index >= 15 is 0 Å². The molecule has 0 heterocycles. The highest BCUT2D eigenvalue weighted by atomic mass is 16.5. The Kier molecular flexibility index (Phi) is 3.03. The van der Waals surface area contributed by atoms with E-state index in [1.54, 1.807) is 0 Å². The maximum Gasteiger partial charge on any atom is 0.302 e. The summed E-state index contributed by atoms with van der Waals surface area (Å²) in [5, 5.41) is 0. The highest BCUT2D eigenvalue weighted by Gasteiger charge is 2.48. The van der Waals surface area contributed by atoms with Crippen molar-refractivity contribution in [3.8, 4) is 0 Å². The Morgan fingerprint density at radius 1 is 1.50 bits per heavy atom. The molecule has 0 bridgehead atoms. The molecular formula is C12H20O2. The van der Waals surface area contributed by atoms with Crippen molar-refractivity contribution in [1.29, 1.82) is 0 Å². The van der Waals surface area contributed by atoms with Gasteiger partial charge in [0.2, 0.25) is 0 Å². The van der Waals surface area contributed by atoms with Crippen LogP contribution >= 0.6 is 0 Å². The first-order valence-corrected chi connectivity index (χ1v) is 5.14. The van der Waals surface area contributed by atoms with Gasteiger partial charge in [0, 0.05) is 6.92 Å². The van der Waals surface area contributed by atoms with E-state index in [4.69, 9.17) is 4.74 Å². The fraction of sp³-hybridized carbons (Fsp3) is 0.750. The molecule has 2 nitrogen and oxygen atoms in total. The molecule has 0 saturated heterocycles. The minimum Gasteiger partial charge on any atom is -0.466 e. The number of ether oxygens (including phenoxy) is 1. The average Bonchev–Trinajstić information content (AvgIpc) is 2.00. The highest BCUT2D eigenvalue weighted by Crippen LogP contribution is 2.54. The maximum atomic E-state index is 10.7. The predicted octanol–water partition coefficient (Wildman–Crippen LogP) is 2.79. The summed E-state index contributed by atoms with van der Waals surface area (Å²) in [6.45, 7) is 12.5. The van der Waals surface area contributed by atoms with E-state index in [-0.39, 0.29) is 11.4 Å². The molecular weight excluding hydrogens is 176 g/mol. The molecule has 2 atom stereocenters. The van der Waals surface area contributed by atoms with Gasteiger partial charge in [-0.15, -0.1) is 0 Å². The van der Waals surface area contributed by atoms with E-state index in [9.17, 15) is 4.79 Å². The summed E-state index contributed by atoms with van der Waals surface area (Å²) in [7, 11) is 0. The summed E-state index contributed by atoms with van der Waals surface area (Å²) >= 11 is 0. The van der Waals surface area contributed by atoms with Gasteiger partial charge < -0.3 is 4.74 Å². The van der Waals surface area contributed by atoms with Crippen molar-refractivity contribution in [2.24, 2.45) is 17.3 Å². The number of rotatable bonds is 3. The van der Waals surface area contributed by atoms with Crippen LogP contribution in [-0.4, -0.2) is 12.6 Å². The summed E-state index contributed by atoms with van der Waals surface area (Å²) in [5.41, 5.74) is 1.48. The lowest BCUT2D eigenvalue weighted by Gasteiger charge is -2.52. The lowest BCUT2D eigenvalue weighted by Crippen LogP contribution is -2.47. The molecule has 0 N–H and O–H groups in total. The quantitative estimate of drug-likeness (QED) is 0.512. The molecule has 1 saturated carbocycles. The topological polar surface area (TPSA) is 26.3 Å². The second-order valence-electron chi connectivity index (χ2n) is 4.96. The molecule has 1 aliphatic carbocycles. The van der Waals surface area contributed by atoms with Crippen LogP contribution in [0.3, 0.4) is 0 Å². The monoisotopic (exact) mass is 196 g/mol. The van der Waals surface area contributed by atoms with Gasteiger partial charge in [0.1, 0.15) is 0 Å². The van der Waals surface area contributed by atoms with Gasteiger partial charge in [-0.2, -0.15) is 0 Å². The molecule has 0 amide bonds. The molecule has 0 radical (unpaired) electrons. The van der Waals surface area contributed by atoms with Crippen molar-refractivity contribution in [1.82, 2.24) is 0 Å². The second-order valence-corrected chi connectivity index (χ2v) is 4.96. The maximum absolute atomic E-state index is 10.7. The summed E-state index contributed by atoms with van der Waals surface area (Å²) in [6, 6.07) is 0. The van der Waals surface area contributed by atoms with E-state index in [1.165, 1.54) is 12.5 Å². The Hall–Kier alpha value is -0.790. The molecule has 1 rings (SSSR count). The van der Waals surface area contributed by atoms with Crippen LogP contribution in [0.4, 0.5) is 0 Å². The smallest absolute Gasteiger partial charge is 0.302 e. The first kappa shape index (κ1) is 11.3. The zero-order chi connectivity index (χ0) is 10.9. The zero-order valence-electron chi connectivity index (χ0n) is 9.59. The van der Waals surface area contributed by atoms with Crippen molar-refractivity contribution in [2.45, 2.75) is 34.1 Å². The molecule has 14 heavy (non-hydrogen) atoms. The van der Waals surface area contributed by atoms with Crippen LogP contribution in [0.25, 0.3) is 0 Å². The van der Waals surface area contributed by atoms with Crippen molar-refractivity contribution in [2.75, 3.05) is 6.61 Å². The van der Waals surface area contributed by atoms with Gasteiger partial charge in [0.05, 0.1) is 6.61 Å². The van der Waals surface area contributed by atoms with Crippen molar-refractivity contribution in [3.05, 3.63) is 12.2 Å². The normalized spacial score (nSPS) is 29.1. The highest BCUT2D eigenvalue weighted by molar-refractivity contribution is 5.65. The molecule has 0 unspecified atom stereocenters. The number of esters is 1. The minimum absolute atomic E-state index is 0.181. The average molecular weight is 196 g/mol. The van der Waals surface area contributed by atoms with Crippen LogP contribution in [-0.2, 0) is 9.53 Å². The van der Waals surface area contributed by atoms with Gasteiger partial charge >= 0.3 is 5.97 Å². The number of carbonyl (C=O) groups excluding carboxylic acids is 1. The molecule has 1 fully saturated rings. The zero-order valence-corrected chi connectivity index (χ0v) is 9.59. The van der Waals surface area contributed by atoms with E-state index < -0.39 is 0 Å². The minimum atomic E-state index is -0.181. The molecule has 0 aromatic rings. The van der Waals surface area contributed by atoms with Gasteiger partial charge in [-0.05, 0) is 30.6 Å². The molecule has 0 aliphatic heterocycles. The molecule has 80 valence electrons. The molecule has 0 aromatic heterocycles. The van der Waals surface area contributed by atoms with Gasteiger partial charge in [-0.1, -0.05) is 26.0 Å². The fourth-order valence-electron chi connectivity index (χ4n) is 2.35. The van der Waals surface area contributed by atoms with Crippen molar-refractivity contribution in [3.63, 3.8) is 0 Å². The van der Waals surface area contributed by atoms with Gasteiger partial charge in [-0.3, -0.25) is 4.79 Å². The summed E-state index contributed by atoms with van der Waals surface area (Å²) in [5.74, 6) is 0.899. The SMILES string of the molecule is C=C(C)[C@@H]1C[C@@H](COC(C)=O)C1(C)C. The van der Waals surface area contributed by atoms with Crippen LogP contribution in [0.1, 0.15) is 34.1 Å². The van der Waals surface area contributed by atoms with Gasteiger partial charge in [-0.25, -0.2) is 0 Å². The van der Waals surface area contributed by atoms with Gasteiger partial charge in [0.15, 0.2) is 0 Å². The molecule has 0 aromatic carbocycles. The van der Waals surface area contributed by atoms with E-state index in [0.717, 1.165) is 6.42 Å². The summed E-state index contributed by atoms with van der Waals surface area (Å²) in [6.07, 6.45) is 1.11. The number of allylic oxidation sites excluding steroid dienone is 1. The first-order chi connectivity index (χ1) is 6.35. The van der Waals surface area contributed by atoms with Crippen LogP contribution < -0.4 is 0 Å². The van der Waals surface area contributed by atoms with Crippen molar-refractivity contribution >= 4 is 5.97 Å². The third kappa shape index (κ3) is 1.99. The Morgan fingerprint density at radius 2 is 2.07 bits per heavy atom. The predicted molar refractivity (Wildman–Crippen MR) is 56.8 cm³/mol. The lowest BCUT2D eigenvalue weighted by atomic mass is 9.53. The lowest BCUT2D eigenvalue weighted by molar-refractivity contribution is -0.147. The van der Waals surface area contributed by atoms with Crippen LogP contribution in [0, 0.1) is 17.3 Å². The second kappa shape index (κ2) is 3.76. The van der Waals surface area contributed by atoms with Crippen LogP contribution in [0.15, 0.2) is 12.2 Å². The summed E-state index contributed by atoms with van der Waals surface area (Å²) in [4.78, 5) is 10.7. The first-order valence-electron chi connectivity index (χ1n) is 5.14. The number of hydrogen-bond acceptors (Lipinski definition) is 2. The number of carbonyl (C=O) groups is 1. The Balaban J connectivity index is 2.46.